The van der Waals surface area contributed by atoms with Crippen molar-refractivity contribution in [2.24, 2.45) is 0 Å². The average molecular weight is 367 g/mol. The van der Waals surface area contributed by atoms with Crippen molar-refractivity contribution in [3.8, 4) is 0 Å². The van der Waals surface area contributed by atoms with Crippen LogP contribution in [0.15, 0.2) is 42.5 Å². The molecule has 1 unspecified atom stereocenters. The summed E-state index contributed by atoms with van der Waals surface area (Å²) in [6.07, 6.45) is 0. The van der Waals surface area contributed by atoms with Gasteiger partial charge in [0.15, 0.2) is 6.04 Å². The van der Waals surface area contributed by atoms with E-state index in [9.17, 15) is 19.5 Å². The minimum Gasteiger partial charge on any atom is -0.479 e. The lowest BCUT2D eigenvalue weighted by Crippen LogP contribution is -2.34. The molecule has 7 nitrogen and oxygen atoms in total. The monoisotopic (exact) mass is 367 g/mol. The van der Waals surface area contributed by atoms with Gasteiger partial charge in [-0.1, -0.05) is 18.2 Å². The van der Waals surface area contributed by atoms with Gasteiger partial charge in [0.25, 0.3) is 5.91 Å². The minimum atomic E-state index is -1.14. The average Bonchev–Trinajstić information content (AvgIpc) is 3.08. The molecular weight excluding hydrogens is 346 g/mol. The molecule has 0 radical (unpaired) electrons. The highest BCUT2D eigenvalue weighted by Gasteiger charge is 2.24. The summed E-state index contributed by atoms with van der Waals surface area (Å²) >= 11 is 0. The first kappa shape index (κ1) is 18.4. The van der Waals surface area contributed by atoms with Crippen molar-refractivity contribution in [3.05, 3.63) is 64.7 Å². The molecule has 1 aliphatic heterocycles. The highest BCUT2D eigenvalue weighted by atomic mass is 16.4. The third kappa shape index (κ3) is 3.92. The number of amides is 3. The van der Waals surface area contributed by atoms with Gasteiger partial charge in [-0.05, 0) is 54.8 Å². The van der Waals surface area contributed by atoms with Crippen molar-refractivity contribution in [2.75, 3.05) is 18.0 Å². The Hall–Kier alpha value is -3.35. The zero-order chi connectivity index (χ0) is 19.6. The third-order valence-electron chi connectivity index (χ3n) is 4.68. The fourth-order valence-corrected chi connectivity index (χ4v) is 2.96. The van der Waals surface area contributed by atoms with E-state index in [1.165, 1.54) is 0 Å². The summed E-state index contributed by atoms with van der Waals surface area (Å²) in [5.74, 6) is -1.62. The molecule has 0 aliphatic carbocycles. The Morgan fingerprint density at radius 1 is 1.11 bits per heavy atom. The van der Waals surface area contributed by atoms with Crippen LogP contribution < -0.4 is 15.5 Å². The number of hydrogen-bond donors (Lipinski definition) is 3. The molecular formula is C20H21N3O4. The highest BCUT2D eigenvalue weighted by Crippen LogP contribution is 2.20. The van der Waals surface area contributed by atoms with Gasteiger partial charge in [-0.25, -0.2) is 9.59 Å². The van der Waals surface area contributed by atoms with Gasteiger partial charge in [-0.2, -0.15) is 0 Å². The first-order chi connectivity index (χ1) is 12.9. The van der Waals surface area contributed by atoms with Crippen LogP contribution >= 0.6 is 0 Å². The zero-order valence-electron chi connectivity index (χ0n) is 15.2. The van der Waals surface area contributed by atoms with Crippen LogP contribution in [0.2, 0.25) is 0 Å². The van der Waals surface area contributed by atoms with Crippen molar-refractivity contribution in [1.82, 2.24) is 10.6 Å². The molecule has 1 aliphatic rings. The molecule has 0 saturated carbocycles. The number of nitrogens with one attached hydrogen (secondary N) is 2. The number of aliphatic carboxylic acids is 1. The van der Waals surface area contributed by atoms with Crippen LogP contribution in [0.3, 0.4) is 0 Å². The predicted octanol–water partition coefficient (Wildman–Crippen LogP) is 2.39. The summed E-state index contributed by atoms with van der Waals surface area (Å²) in [5, 5.41) is 14.8. The smallest absolute Gasteiger partial charge is 0.330 e. The molecule has 3 N–H and O–H groups in total. The van der Waals surface area contributed by atoms with Crippen molar-refractivity contribution in [1.29, 1.82) is 0 Å². The number of benzene rings is 2. The molecule has 2 aromatic carbocycles. The maximum absolute atomic E-state index is 12.5. The molecule has 0 spiro atoms. The molecule has 3 rings (SSSR count). The summed E-state index contributed by atoms with van der Waals surface area (Å²) in [4.78, 5) is 37.4. The number of carbonyl (C=O) groups excluding carboxylic acids is 2. The molecule has 7 heteroatoms. The van der Waals surface area contributed by atoms with Crippen LogP contribution in [-0.4, -0.2) is 36.1 Å². The Labute approximate surface area is 157 Å². The van der Waals surface area contributed by atoms with E-state index in [0.717, 1.165) is 11.1 Å². The summed E-state index contributed by atoms with van der Waals surface area (Å²) in [5.41, 5.74) is 3.54. The number of carboxylic acid groups (broad SMARTS) is 1. The van der Waals surface area contributed by atoms with E-state index >= 15 is 0 Å². The molecule has 27 heavy (non-hydrogen) atoms. The molecule has 1 saturated heterocycles. The second-order valence-corrected chi connectivity index (χ2v) is 6.52. The van der Waals surface area contributed by atoms with Crippen LogP contribution in [0.5, 0.6) is 0 Å². The lowest BCUT2D eigenvalue weighted by molar-refractivity contribution is -0.139. The highest BCUT2D eigenvalue weighted by molar-refractivity contribution is 5.98. The van der Waals surface area contributed by atoms with Crippen molar-refractivity contribution in [2.45, 2.75) is 19.9 Å². The molecule has 140 valence electrons. The van der Waals surface area contributed by atoms with Crippen molar-refractivity contribution in [3.63, 3.8) is 0 Å². The Bertz CT molecular complexity index is 893. The largest absolute Gasteiger partial charge is 0.479 e. The zero-order valence-corrected chi connectivity index (χ0v) is 15.2. The number of nitrogens with zero attached hydrogens (tertiary/aromatic N) is 1. The maximum Gasteiger partial charge on any atom is 0.330 e. The van der Waals surface area contributed by atoms with Crippen LogP contribution in [-0.2, 0) is 4.79 Å². The number of aryl methyl sites for hydroxylation is 2. The summed E-state index contributed by atoms with van der Waals surface area (Å²) in [6.45, 7) is 4.98. The second kappa shape index (κ2) is 7.49. The van der Waals surface area contributed by atoms with Gasteiger partial charge in [0.1, 0.15) is 0 Å². The number of carbonyl (C=O) groups is 3. The van der Waals surface area contributed by atoms with Crippen molar-refractivity contribution >= 4 is 23.6 Å². The minimum absolute atomic E-state index is 0.173. The molecule has 0 bridgehead atoms. The van der Waals surface area contributed by atoms with E-state index in [4.69, 9.17) is 0 Å². The van der Waals surface area contributed by atoms with Gasteiger partial charge >= 0.3 is 12.0 Å². The first-order valence-corrected chi connectivity index (χ1v) is 8.63. The Balaban J connectivity index is 1.76. The van der Waals surface area contributed by atoms with Gasteiger partial charge in [0.2, 0.25) is 0 Å². The summed E-state index contributed by atoms with van der Waals surface area (Å²) in [7, 11) is 0. The number of hydrogen-bond acceptors (Lipinski definition) is 3. The van der Waals surface area contributed by atoms with Crippen molar-refractivity contribution < 1.29 is 19.5 Å². The fraction of sp³-hybridized carbons (Fsp3) is 0.250. The van der Waals surface area contributed by atoms with Gasteiger partial charge in [-0.3, -0.25) is 9.69 Å². The molecule has 2 aromatic rings. The van der Waals surface area contributed by atoms with E-state index < -0.39 is 17.9 Å². The standard InChI is InChI=1S/C20H21N3O4/c1-12-3-4-15(11-13(12)2)17(19(25)26)22-18(24)14-5-7-16(8-6-14)23-10-9-21-20(23)27/h3-8,11,17H,9-10H2,1-2H3,(H,21,27)(H,22,24)(H,25,26). The van der Waals surface area contributed by atoms with E-state index in [-0.39, 0.29) is 6.03 Å². The summed E-state index contributed by atoms with van der Waals surface area (Å²) < 4.78 is 0. The van der Waals surface area contributed by atoms with Crippen LogP contribution in [0.4, 0.5) is 10.5 Å². The lowest BCUT2D eigenvalue weighted by atomic mass is 10.0. The van der Waals surface area contributed by atoms with Gasteiger partial charge in [0.05, 0.1) is 0 Å². The Kier molecular flexibility index (Phi) is 5.12. The molecule has 1 fully saturated rings. The third-order valence-corrected chi connectivity index (χ3v) is 4.68. The molecule has 3 amide bonds. The first-order valence-electron chi connectivity index (χ1n) is 8.63. The quantitative estimate of drug-likeness (QED) is 0.756. The number of anilines is 1. The molecule has 1 heterocycles. The van der Waals surface area contributed by atoms with Crippen LogP contribution in [0.25, 0.3) is 0 Å². The number of rotatable bonds is 5. The van der Waals surface area contributed by atoms with E-state index in [1.54, 1.807) is 41.3 Å². The topological polar surface area (TPSA) is 98.7 Å². The predicted molar refractivity (Wildman–Crippen MR) is 101 cm³/mol. The Morgan fingerprint density at radius 3 is 2.37 bits per heavy atom. The molecule has 0 aromatic heterocycles. The van der Waals surface area contributed by atoms with E-state index in [1.807, 2.05) is 19.9 Å². The normalized spacial score (nSPS) is 14.6. The van der Waals surface area contributed by atoms with Gasteiger partial charge in [-0.15, -0.1) is 0 Å². The second-order valence-electron chi connectivity index (χ2n) is 6.52. The fourth-order valence-electron chi connectivity index (χ4n) is 2.96. The molecule has 1 atom stereocenters. The van der Waals surface area contributed by atoms with E-state index in [2.05, 4.69) is 10.6 Å². The summed E-state index contributed by atoms with van der Waals surface area (Å²) in [6, 6.07) is 10.5. The van der Waals surface area contributed by atoms with E-state index in [0.29, 0.717) is 29.9 Å². The van der Waals surface area contributed by atoms with Gasteiger partial charge in [0, 0.05) is 24.3 Å². The van der Waals surface area contributed by atoms with Crippen LogP contribution in [0, 0.1) is 13.8 Å². The van der Waals surface area contributed by atoms with Gasteiger partial charge < -0.3 is 15.7 Å². The SMILES string of the molecule is Cc1ccc(C(NC(=O)c2ccc(N3CCNC3=O)cc2)C(=O)O)cc1C. The maximum atomic E-state index is 12.5. The Morgan fingerprint density at radius 2 is 1.81 bits per heavy atom. The number of carboxylic acids is 1. The van der Waals surface area contributed by atoms with Crippen LogP contribution in [0.1, 0.15) is 33.1 Å². The number of urea groups is 1. The lowest BCUT2D eigenvalue weighted by Gasteiger charge is -2.17.